The van der Waals surface area contributed by atoms with Gasteiger partial charge in [-0.15, -0.1) is 0 Å². The summed E-state index contributed by atoms with van der Waals surface area (Å²) in [6, 6.07) is 1.51. The number of carbonyl (C=O) groups excluding carboxylic acids is 1. The van der Waals surface area contributed by atoms with Gasteiger partial charge in [0.15, 0.2) is 0 Å². The first-order valence-electron chi connectivity index (χ1n) is 8.34. The van der Waals surface area contributed by atoms with E-state index in [9.17, 15) is 9.18 Å². The monoisotopic (exact) mass is 338 g/mol. The minimum absolute atomic E-state index is 0.0200. The van der Waals surface area contributed by atoms with E-state index in [0.29, 0.717) is 31.9 Å². The molecule has 7 heteroatoms. The molecular formula is C17H23FN2O4. The molecule has 24 heavy (non-hydrogen) atoms. The Hall–Kier alpha value is -1.73. The number of hydrogen-bond donors (Lipinski definition) is 1. The van der Waals surface area contributed by atoms with Crippen molar-refractivity contribution in [3.8, 4) is 5.88 Å². The summed E-state index contributed by atoms with van der Waals surface area (Å²) in [4.78, 5) is 16.0. The minimum Gasteiger partial charge on any atom is -0.474 e. The van der Waals surface area contributed by atoms with Gasteiger partial charge >= 0.3 is 0 Å². The molecule has 3 rings (SSSR count). The fourth-order valence-electron chi connectivity index (χ4n) is 3.16. The van der Waals surface area contributed by atoms with Crippen molar-refractivity contribution >= 4 is 5.91 Å². The summed E-state index contributed by atoms with van der Waals surface area (Å²) in [5, 5.41) is 2.69. The fourth-order valence-corrected chi connectivity index (χ4v) is 3.16. The Labute approximate surface area is 140 Å². The maximum atomic E-state index is 13.6. The van der Waals surface area contributed by atoms with Crippen molar-refractivity contribution in [2.75, 3.05) is 27.1 Å². The van der Waals surface area contributed by atoms with Crippen LogP contribution in [0.2, 0.25) is 0 Å². The smallest absolute Gasteiger partial charge is 0.225 e. The molecule has 2 aliphatic rings. The van der Waals surface area contributed by atoms with Crippen molar-refractivity contribution < 1.29 is 23.4 Å². The first-order valence-corrected chi connectivity index (χ1v) is 8.34. The number of hydrogen-bond acceptors (Lipinski definition) is 5. The molecule has 1 aliphatic carbocycles. The lowest BCUT2D eigenvalue weighted by Crippen LogP contribution is -2.44. The van der Waals surface area contributed by atoms with Gasteiger partial charge in [0.2, 0.25) is 11.8 Å². The second kappa shape index (κ2) is 7.90. The van der Waals surface area contributed by atoms with E-state index in [1.165, 1.54) is 19.4 Å². The number of ether oxygens (including phenoxy) is 3. The standard InChI is InChI=1S/C17H23FN2O4/c1-22-10-20-16(21)12-6-14(7-12)24-17-15(8-13(18)9-19-17)11-2-4-23-5-3-11/h8-9,11-12,14H,2-7,10H2,1H3,(H,20,21). The number of nitrogens with zero attached hydrogens (tertiary/aromatic N) is 1. The van der Waals surface area contributed by atoms with E-state index < -0.39 is 0 Å². The summed E-state index contributed by atoms with van der Waals surface area (Å²) in [5.74, 6) is 0.265. The Bertz CT molecular complexity index is 572. The average Bonchev–Trinajstić information content (AvgIpc) is 2.57. The van der Waals surface area contributed by atoms with Crippen molar-refractivity contribution in [3.63, 3.8) is 0 Å². The zero-order valence-electron chi connectivity index (χ0n) is 13.8. The molecule has 132 valence electrons. The lowest BCUT2D eigenvalue weighted by Gasteiger charge is -2.35. The summed E-state index contributed by atoms with van der Waals surface area (Å²) in [6.45, 7) is 1.56. The van der Waals surface area contributed by atoms with Crippen LogP contribution in [0.4, 0.5) is 4.39 Å². The molecule has 1 aromatic heterocycles. The van der Waals surface area contributed by atoms with Gasteiger partial charge in [-0.05, 0) is 37.7 Å². The highest BCUT2D eigenvalue weighted by atomic mass is 19.1. The number of halogens is 1. The van der Waals surface area contributed by atoms with Crippen molar-refractivity contribution in [1.82, 2.24) is 10.3 Å². The zero-order chi connectivity index (χ0) is 16.9. The molecule has 2 fully saturated rings. The van der Waals surface area contributed by atoms with Crippen LogP contribution in [-0.2, 0) is 14.3 Å². The van der Waals surface area contributed by atoms with Crippen molar-refractivity contribution in [1.29, 1.82) is 0 Å². The average molecular weight is 338 g/mol. The van der Waals surface area contributed by atoms with Gasteiger partial charge in [-0.25, -0.2) is 9.37 Å². The second-order valence-electron chi connectivity index (χ2n) is 6.32. The van der Waals surface area contributed by atoms with E-state index in [2.05, 4.69) is 10.3 Å². The normalized spacial score (nSPS) is 24.2. The van der Waals surface area contributed by atoms with Gasteiger partial charge < -0.3 is 19.5 Å². The number of methoxy groups -OCH3 is 1. The summed E-state index contributed by atoms with van der Waals surface area (Å²) in [5.41, 5.74) is 0.811. The van der Waals surface area contributed by atoms with Crippen LogP contribution in [0.5, 0.6) is 5.88 Å². The van der Waals surface area contributed by atoms with Crippen molar-refractivity contribution in [2.24, 2.45) is 5.92 Å². The maximum Gasteiger partial charge on any atom is 0.225 e. The van der Waals surface area contributed by atoms with Crippen LogP contribution in [-0.4, -0.2) is 44.0 Å². The largest absolute Gasteiger partial charge is 0.474 e. The molecule has 6 nitrogen and oxygen atoms in total. The van der Waals surface area contributed by atoms with Crippen molar-refractivity contribution in [2.45, 2.75) is 37.7 Å². The summed E-state index contributed by atoms with van der Waals surface area (Å²) in [6.07, 6.45) is 4.09. The fraction of sp³-hybridized carbons (Fsp3) is 0.647. The van der Waals surface area contributed by atoms with Gasteiger partial charge in [-0.2, -0.15) is 0 Å². The lowest BCUT2D eigenvalue weighted by atomic mass is 9.81. The molecule has 1 aliphatic heterocycles. The van der Waals surface area contributed by atoms with Gasteiger partial charge in [-0.3, -0.25) is 4.79 Å². The van der Waals surface area contributed by atoms with Gasteiger partial charge in [-0.1, -0.05) is 0 Å². The highest BCUT2D eigenvalue weighted by molar-refractivity contribution is 5.79. The topological polar surface area (TPSA) is 69.7 Å². The Morgan fingerprint density at radius 1 is 1.42 bits per heavy atom. The lowest BCUT2D eigenvalue weighted by molar-refractivity contribution is -0.132. The van der Waals surface area contributed by atoms with Gasteiger partial charge in [0.1, 0.15) is 18.7 Å². The van der Waals surface area contributed by atoms with Crippen LogP contribution in [0.1, 0.15) is 37.2 Å². The van der Waals surface area contributed by atoms with E-state index in [0.717, 1.165) is 18.4 Å². The van der Waals surface area contributed by atoms with Crippen LogP contribution >= 0.6 is 0 Å². The predicted molar refractivity (Wildman–Crippen MR) is 84.1 cm³/mol. The molecule has 1 aromatic rings. The van der Waals surface area contributed by atoms with Gasteiger partial charge in [0.05, 0.1) is 6.20 Å². The van der Waals surface area contributed by atoms with Gasteiger partial charge in [0.25, 0.3) is 0 Å². The summed E-state index contributed by atoms with van der Waals surface area (Å²) < 4.78 is 29.7. The number of aromatic nitrogens is 1. The minimum atomic E-state index is -0.353. The zero-order valence-corrected chi connectivity index (χ0v) is 13.8. The maximum absolute atomic E-state index is 13.6. The molecule has 0 aromatic carbocycles. The molecular weight excluding hydrogens is 315 g/mol. The second-order valence-corrected chi connectivity index (χ2v) is 6.32. The van der Waals surface area contributed by atoms with Crippen LogP contribution in [0.15, 0.2) is 12.3 Å². The Kier molecular flexibility index (Phi) is 5.63. The molecule has 0 spiro atoms. The third-order valence-corrected chi connectivity index (χ3v) is 4.64. The third kappa shape index (κ3) is 4.02. The number of rotatable bonds is 6. The molecule has 0 unspecified atom stereocenters. The van der Waals surface area contributed by atoms with E-state index >= 15 is 0 Å². The number of nitrogens with one attached hydrogen (secondary N) is 1. The van der Waals surface area contributed by atoms with E-state index in [1.807, 2.05) is 0 Å². The quantitative estimate of drug-likeness (QED) is 0.804. The van der Waals surface area contributed by atoms with Crippen molar-refractivity contribution in [3.05, 3.63) is 23.6 Å². The van der Waals surface area contributed by atoms with E-state index in [4.69, 9.17) is 14.2 Å². The molecule has 1 saturated carbocycles. The van der Waals surface area contributed by atoms with Crippen LogP contribution in [0.3, 0.4) is 0 Å². The number of amides is 1. The third-order valence-electron chi connectivity index (χ3n) is 4.64. The SMILES string of the molecule is COCNC(=O)C1CC(Oc2ncc(F)cc2C2CCOCC2)C1. The van der Waals surface area contributed by atoms with E-state index in [1.54, 1.807) is 0 Å². The van der Waals surface area contributed by atoms with Crippen LogP contribution < -0.4 is 10.1 Å². The number of pyridine rings is 1. The molecule has 1 N–H and O–H groups in total. The Morgan fingerprint density at radius 2 is 2.17 bits per heavy atom. The van der Waals surface area contributed by atoms with Crippen LogP contribution in [0, 0.1) is 11.7 Å². The van der Waals surface area contributed by atoms with Crippen LogP contribution in [0.25, 0.3) is 0 Å². The highest BCUT2D eigenvalue weighted by Crippen LogP contribution is 2.36. The highest BCUT2D eigenvalue weighted by Gasteiger charge is 2.37. The van der Waals surface area contributed by atoms with Gasteiger partial charge in [0, 0.05) is 31.8 Å². The van der Waals surface area contributed by atoms with E-state index in [-0.39, 0.29) is 36.4 Å². The molecule has 2 heterocycles. The summed E-state index contributed by atoms with van der Waals surface area (Å²) in [7, 11) is 1.53. The molecule has 1 saturated heterocycles. The molecule has 0 bridgehead atoms. The predicted octanol–water partition coefficient (Wildman–Crippen LogP) is 1.99. The summed E-state index contributed by atoms with van der Waals surface area (Å²) >= 11 is 0. The first-order chi connectivity index (χ1) is 11.7. The number of carbonyl (C=O) groups is 1. The first kappa shape index (κ1) is 17.1. The molecule has 1 amide bonds. The molecule has 0 radical (unpaired) electrons. The molecule has 0 atom stereocenters. The Balaban J connectivity index is 1.59. The Morgan fingerprint density at radius 3 is 2.88 bits per heavy atom.